The summed E-state index contributed by atoms with van der Waals surface area (Å²) in [6.45, 7) is 1.98. The molecule has 1 aliphatic rings. The molecule has 1 fully saturated rings. The Morgan fingerprint density at radius 3 is 2.65 bits per heavy atom. The molecular formula is C15H19NO4. The van der Waals surface area contributed by atoms with Crippen LogP contribution in [0, 0.1) is 17.8 Å². The zero-order valence-electron chi connectivity index (χ0n) is 11.6. The molecule has 1 aromatic carbocycles. The Hall–Kier alpha value is -2.04. The van der Waals surface area contributed by atoms with Crippen LogP contribution >= 0.6 is 0 Å². The Kier molecular flexibility index (Phi) is 4.27. The van der Waals surface area contributed by atoms with Gasteiger partial charge in [-0.1, -0.05) is 13.0 Å². The van der Waals surface area contributed by atoms with Crippen molar-refractivity contribution in [1.29, 1.82) is 0 Å². The molecule has 1 aromatic rings. The fourth-order valence-corrected chi connectivity index (χ4v) is 2.79. The summed E-state index contributed by atoms with van der Waals surface area (Å²) >= 11 is 0. The number of anilines is 1. The number of nitrogens with one attached hydrogen (secondary N) is 1. The average molecular weight is 277 g/mol. The minimum Gasteiger partial charge on any atom is -0.497 e. The number of hydrogen-bond acceptors (Lipinski definition) is 3. The Labute approximate surface area is 117 Å². The maximum atomic E-state index is 12.3. The number of carbonyl (C=O) groups is 2. The fourth-order valence-electron chi connectivity index (χ4n) is 2.79. The summed E-state index contributed by atoms with van der Waals surface area (Å²) in [5, 5.41) is 12.0. The standard InChI is InChI=1S/C15H19NO4/c1-9-6-12(13(7-9)15(18)19)14(17)16-10-4-3-5-11(8-10)20-2/h3-5,8-9,12-13H,6-7H2,1-2H3,(H,16,17)(H,18,19)/t9?,12-,13+/m0/s1. The van der Waals surface area contributed by atoms with Crippen LogP contribution in [0.25, 0.3) is 0 Å². The molecule has 2 rings (SSSR count). The predicted molar refractivity (Wildman–Crippen MR) is 74.6 cm³/mol. The lowest BCUT2D eigenvalue weighted by Gasteiger charge is -2.15. The van der Waals surface area contributed by atoms with Crippen LogP contribution < -0.4 is 10.1 Å². The van der Waals surface area contributed by atoms with Crippen LogP contribution in [0.15, 0.2) is 24.3 Å². The van der Waals surface area contributed by atoms with Crippen LogP contribution in [-0.4, -0.2) is 24.1 Å². The first-order valence-electron chi connectivity index (χ1n) is 6.69. The molecule has 0 heterocycles. The van der Waals surface area contributed by atoms with Gasteiger partial charge in [0.1, 0.15) is 5.75 Å². The number of benzene rings is 1. The second kappa shape index (κ2) is 5.94. The molecule has 1 unspecified atom stereocenters. The molecule has 1 saturated carbocycles. The van der Waals surface area contributed by atoms with Crippen molar-refractivity contribution in [2.24, 2.45) is 17.8 Å². The zero-order valence-corrected chi connectivity index (χ0v) is 11.6. The Balaban J connectivity index is 2.09. The number of hydrogen-bond donors (Lipinski definition) is 2. The van der Waals surface area contributed by atoms with Crippen molar-refractivity contribution < 1.29 is 19.4 Å². The highest BCUT2D eigenvalue weighted by Crippen LogP contribution is 2.37. The van der Waals surface area contributed by atoms with Gasteiger partial charge >= 0.3 is 5.97 Å². The second-order valence-corrected chi connectivity index (χ2v) is 5.35. The van der Waals surface area contributed by atoms with Gasteiger partial charge in [-0.25, -0.2) is 0 Å². The maximum Gasteiger partial charge on any atom is 0.307 e. The van der Waals surface area contributed by atoms with E-state index < -0.39 is 17.8 Å². The van der Waals surface area contributed by atoms with Gasteiger partial charge in [0.2, 0.25) is 5.91 Å². The van der Waals surface area contributed by atoms with Crippen LogP contribution in [0.1, 0.15) is 19.8 Å². The van der Waals surface area contributed by atoms with E-state index in [9.17, 15) is 14.7 Å². The van der Waals surface area contributed by atoms with Gasteiger partial charge in [-0.2, -0.15) is 0 Å². The summed E-state index contributed by atoms with van der Waals surface area (Å²) in [6, 6.07) is 7.04. The van der Waals surface area contributed by atoms with Crippen LogP contribution in [0.2, 0.25) is 0 Å². The molecule has 108 valence electrons. The highest BCUT2D eigenvalue weighted by molar-refractivity contribution is 5.95. The lowest BCUT2D eigenvalue weighted by molar-refractivity contribution is -0.145. The lowest BCUT2D eigenvalue weighted by Crippen LogP contribution is -2.29. The molecule has 20 heavy (non-hydrogen) atoms. The molecule has 5 heteroatoms. The van der Waals surface area contributed by atoms with Crippen LogP contribution in [-0.2, 0) is 9.59 Å². The third kappa shape index (κ3) is 3.10. The third-order valence-corrected chi connectivity index (χ3v) is 3.79. The van der Waals surface area contributed by atoms with Gasteiger partial charge in [0.05, 0.1) is 18.9 Å². The number of amides is 1. The molecule has 1 amide bonds. The molecule has 3 atom stereocenters. The van der Waals surface area contributed by atoms with Gasteiger partial charge in [0.25, 0.3) is 0 Å². The lowest BCUT2D eigenvalue weighted by atomic mass is 9.95. The van der Waals surface area contributed by atoms with Crippen LogP contribution in [0.3, 0.4) is 0 Å². The first-order valence-corrected chi connectivity index (χ1v) is 6.69. The zero-order chi connectivity index (χ0) is 14.7. The number of carboxylic acids is 1. The van der Waals surface area contributed by atoms with E-state index in [0.29, 0.717) is 24.3 Å². The summed E-state index contributed by atoms with van der Waals surface area (Å²) in [7, 11) is 1.56. The van der Waals surface area contributed by atoms with E-state index in [4.69, 9.17) is 4.74 Å². The van der Waals surface area contributed by atoms with E-state index in [-0.39, 0.29) is 11.8 Å². The largest absolute Gasteiger partial charge is 0.497 e. The van der Waals surface area contributed by atoms with E-state index in [1.165, 1.54) is 0 Å². The topological polar surface area (TPSA) is 75.6 Å². The van der Waals surface area contributed by atoms with Crippen molar-refractivity contribution in [3.05, 3.63) is 24.3 Å². The summed E-state index contributed by atoms with van der Waals surface area (Å²) < 4.78 is 5.09. The van der Waals surface area contributed by atoms with Crippen molar-refractivity contribution >= 4 is 17.6 Å². The van der Waals surface area contributed by atoms with Gasteiger partial charge < -0.3 is 15.2 Å². The number of methoxy groups -OCH3 is 1. The molecule has 0 saturated heterocycles. The number of rotatable bonds is 4. The van der Waals surface area contributed by atoms with Crippen molar-refractivity contribution in [3.63, 3.8) is 0 Å². The molecule has 2 N–H and O–H groups in total. The smallest absolute Gasteiger partial charge is 0.307 e. The molecule has 0 aliphatic heterocycles. The van der Waals surface area contributed by atoms with Crippen molar-refractivity contribution in [2.45, 2.75) is 19.8 Å². The van der Waals surface area contributed by atoms with Gasteiger partial charge in [0.15, 0.2) is 0 Å². The Morgan fingerprint density at radius 2 is 2.00 bits per heavy atom. The number of carbonyl (C=O) groups excluding carboxylic acids is 1. The summed E-state index contributed by atoms with van der Waals surface area (Å²) in [6.07, 6.45) is 1.18. The fraction of sp³-hybridized carbons (Fsp3) is 0.467. The van der Waals surface area contributed by atoms with Gasteiger partial charge in [-0.3, -0.25) is 9.59 Å². The number of ether oxygens (including phenoxy) is 1. The van der Waals surface area contributed by atoms with Crippen molar-refractivity contribution in [3.8, 4) is 5.75 Å². The number of carboxylic acid groups (broad SMARTS) is 1. The van der Waals surface area contributed by atoms with E-state index in [1.54, 1.807) is 31.4 Å². The highest BCUT2D eigenvalue weighted by Gasteiger charge is 2.41. The van der Waals surface area contributed by atoms with Gasteiger partial charge in [-0.05, 0) is 30.9 Å². The summed E-state index contributed by atoms with van der Waals surface area (Å²) in [5.74, 6) is -1.26. The summed E-state index contributed by atoms with van der Waals surface area (Å²) in [4.78, 5) is 23.5. The van der Waals surface area contributed by atoms with Crippen LogP contribution in [0.4, 0.5) is 5.69 Å². The Bertz CT molecular complexity index is 514. The van der Waals surface area contributed by atoms with E-state index >= 15 is 0 Å². The second-order valence-electron chi connectivity index (χ2n) is 5.35. The quantitative estimate of drug-likeness (QED) is 0.886. The molecule has 1 aliphatic carbocycles. The monoisotopic (exact) mass is 277 g/mol. The van der Waals surface area contributed by atoms with Crippen molar-refractivity contribution in [1.82, 2.24) is 0 Å². The predicted octanol–water partition coefficient (Wildman–Crippen LogP) is 2.38. The van der Waals surface area contributed by atoms with Crippen LogP contribution in [0.5, 0.6) is 5.75 Å². The SMILES string of the molecule is COc1cccc(NC(=O)[C@H]2CC(C)C[C@H]2C(=O)O)c1. The molecule has 0 radical (unpaired) electrons. The molecular weight excluding hydrogens is 258 g/mol. The normalized spacial score (nSPS) is 25.2. The van der Waals surface area contributed by atoms with Gasteiger partial charge in [-0.15, -0.1) is 0 Å². The minimum atomic E-state index is -0.889. The molecule has 5 nitrogen and oxygen atoms in total. The Morgan fingerprint density at radius 1 is 1.30 bits per heavy atom. The minimum absolute atomic E-state index is 0.227. The maximum absolute atomic E-state index is 12.3. The third-order valence-electron chi connectivity index (χ3n) is 3.79. The number of aliphatic carboxylic acids is 1. The molecule has 0 spiro atoms. The van der Waals surface area contributed by atoms with Crippen molar-refractivity contribution in [2.75, 3.05) is 12.4 Å². The van der Waals surface area contributed by atoms with E-state index in [2.05, 4.69) is 5.32 Å². The first-order chi connectivity index (χ1) is 9.51. The average Bonchev–Trinajstić information content (AvgIpc) is 2.81. The molecule has 0 aromatic heterocycles. The molecule has 0 bridgehead atoms. The van der Waals surface area contributed by atoms with E-state index in [1.807, 2.05) is 6.92 Å². The first kappa shape index (κ1) is 14.4. The highest BCUT2D eigenvalue weighted by atomic mass is 16.5. The summed E-state index contributed by atoms with van der Waals surface area (Å²) in [5.41, 5.74) is 0.623. The van der Waals surface area contributed by atoms with Gasteiger partial charge in [0, 0.05) is 11.8 Å². The van der Waals surface area contributed by atoms with E-state index in [0.717, 1.165) is 0 Å².